The molecule has 2 rings (SSSR count). The van der Waals surface area contributed by atoms with Crippen LogP contribution in [0.25, 0.3) is 0 Å². The Balaban J connectivity index is 2.52. The van der Waals surface area contributed by atoms with Gasteiger partial charge >= 0.3 is 5.97 Å². The van der Waals surface area contributed by atoms with Gasteiger partial charge in [0, 0.05) is 10.0 Å². The molecular formula is C13H16BrNO4. The largest absolute Gasteiger partial charge is 0.496 e. The Morgan fingerprint density at radius 1 is 1.58 bits per heavy atom. The highest BCUT2D eigenvalue weighted by Gasteiger charge is 2.51. The zero-order chi connectivity index (χ0) is 14.0. The molecule has 1 unspecified atom stereocenters. The first-order valence-corrected chi connectivity index (χ1v) is 6.66. The van der Waals surface area contributed by atoms with E-state index >= 15 is 0 Å². The number of halogens is 1. The van der Waals surface area contributed by atoms with Crippen molar-refractivity contribution in [2.24, 2.45) is 0 Å². The van der Waals surface area contributed by atoms with Crippen molar-refractivity contribution >= 4 is 21.9 Å². The second-order valence-electron chi connectivity index (χ2n) is 4.55. The molecule has 0 bridgehead atoms. The van der Waals surface area contributed by atoms with Gasteiger partial charge in [0.25, 0.3) is 0 Å². The third kappa shape index (κ3) is 2.35. The zero-order valence-corrected chi connectivity index (χ0v) is 12.4. The first kappa shape index (κ1) is 14.3. The lowest BCUT2D eigenvalue weighted by Crippen LogP contribution is -2.62. The number of hydrogen-bond acceptors (Lipinski definition) is 4. The van der Waals surface area contributed by atoms with Crippen LogP contribution in [-0.4, -0.2) is 44.5 Å². The molecular weight excluding hydrogens is 314 g/mol. The molecule has 0 radical (unpaired) electrons. The predicted molar refractivity (Wildman–Crippen MR) is 73.7 cm³/mol. The first-order chi connectivity index (χ1) is 9.05. The van der Waals surface area contributed by atoms with E-state index in [1.165, 1.54) is 0 Å². The highest BCUT2D eigenvalue weighted by molar-refractivity contribution is 9.10. The number of nitrogens with one attached hydrogen (secondary N) is 1. The lowest BCUT2D eigenvalue weighted by Gasteiger charge is -2.46. The summed E-state index contributed by atoms with van der Waals surface area (Å²) >= 11 is 3.42. The quantitative estimate of drug-likeness (QED) is 0.854. The third-order valence-corrected chi connectivity index (χ3v) is 4.00. The molecule has 0 aliphatic carbocycles. The minimum atomic E-state index is -0.896. The van der Waals surface area contributed by atoms with E-state index in [4.69, 9.17) is 9.47 Å². The van der Waals surface area contributed by atoms with Gasteiger partial charge in [0.15, 0.2) is 0 Å². The van der Waals surface area contributed by atoms with Gasteiger partial charge in [-0.15, -0.1) is 0 Å². The van der Waals surface area contributed by atoms with Crippen molar-refractivity contribution in [3.05, 3.63) is 28.2 Å². The number of carboxylic acids is 1. The van der Waals surface area contributed by atoms with Crippen LogP contribution in [0.5, 0.6) is 5.75 Å². The second-order valence-corrected chi connectivity index (χ2v) is 5.47. The van der Waals surface area contributed by atoms with E-state index in [1.807, 2.05) is 18.2 Å². The monoisotopic (exact) mass is 329 g/mol. The average Bonchev–Trinajstić information content (AvgIpc) is 2.33. The molecule has 1 aliphatic heterocycles. The molecule has 0 spiro atoms. The SMILES string of the molecule is CNC(C(=O)O)C1(c2cc(Br)ccc2OC)COC1. The molecule has 19 heavy (non-hydrogen) atoms. The fourth-order valence-electron chi connectivity index (χ4n) is 2.51. The van der Waals surface area contributed by atoms with Gasteiger partial charge in [-0.25, -0.2) is 0 Å². The van der Waals surface area contributed by atoms with Crippen LogP contribution < -0.4 is 10.1 Å². The summed E-state index contributed by atoms with van der Waals surface area (Å²) in [6.45, 7) is 0.718. The molecule has 1 atom stereocenters. The fourth-order valence-corrected chi connectivity index (χ4v) is 2.87. The van der Waals surface area contributed by atoms with Crippen molar-refractivity contribution in [3.8, 4) is 5.75 Å². The molecule has 2 N–H and O–H groups in total. The highest BCUT2D eigenvalue weighted by Crippen LogP contribution is 2.42. The molecule has 1 aliphatic rings. The normalized spacial score (nSPS) is 18.5. The lowest BCUT2D eigenvalue weighted by molar-refractivity contribution is -0.150. The number of benzene rings is 1. The standard InChI is InChI=1S/C13H16BrNO4/c1-15-11(12(16)17)13(6-19-7-13)9-5-8(14)3-4-10(9)18-2/h3-5,11,15H,6-7H2,1-2H3,(H,16,17). The third-order valence-electron chi connectivity index (χ3n) is 3.51. The van der Waals surface area contributed by atoms with E-state index in [0.717, 1.165) is 10.0 Å². The van der Waals surface area contributed by atoms with Crippen LogP contribution in [0.3, 0.4) is 0 Å². The predicted octanol–water partition coefficient (Wildman–Crippen LogP) is 1.40. The van der Waals surface area contributed by atoms with Gasteiger partial charge in [-0.05, 0) is 25.2 Å². The van der Waals surface area contributed by atoms with Gasteiger partial charge in [0.1, 0.15) is 11.8 Å². The number of aliphatic carboxylic acids is 1. The van der Waals surface area contributed by atoms with Gasteiger partial charge in [-0.3, -0.25) is 4.79 Å². The van der Waals surface area contributed by atoms with Crippen LogP contribution >= 0.6 is 15.9 Å². The Bertz CT molecular complexity index is 488. The maximum absolute atomic E-state index is 11.5. The van der Waals surface area contributed by atoms with Crippen molar-refractivity contribution in [3.63, 3.8) is 0 Å². The van der Waals surface area contributed by atoms with Crippen molar-refractivity contribution in [2.75, 3.05) is 27.4 Å². The Morgan fingerprint density at radius 2 is 2.26 bits per heavy atom. The topological polar surface area (TPSA) is 67.8 Å². The van der Waals surface area contributed by atoms with Crippen LogP contribution in [0.4, 0.5) is 0 Å². The van der Waals surface area contributed by atoms with Gasteiger partial charge < -0.3 is 19.9 Å². The number of carboxylic acid groups (broad SMARTS) is 1. The van der Waals surface area contributed by atoms with Crippen LogP contribution in [0.15, 0.2) is 22.7 Å². The van der Waals surface area contributed by atoms with Crippen LogP contribution in [0.2, 0.25) is 0 Å². The van der Waals surface area contributed by atoms with Gasteiger partial charge in [-0.2, -0.15) is 0 Å². The summed E-state index contributed by atoms with van der Waals surface area (Å²) in [7, 11) is 3.22. The Morgan fingerprint density at radius 3 is 2.68 bits per heavy atom. The van der Waals surface area contributed by atoms with E-state index in [2.05, 4.69) is 21.2 Å². The summed E-state index contributed by atoms with van der Waals surface area (Å²) in [6.07, 6.45) is 0. The summed E-state index contributed by atoms with van der Waals surface area (Å²) in [4.78, 5) is 11.5. The molecule has 1 aromatic rings. The number of rotatable bonds is 5. The fraction of sp³-hybridized carbons (Fsp3) is 0.462. The van der Waals surface area contributed by atoms with Crippen molar-refractivity contribution in [1.82, 2.24) is 5.32 Å². The molecule has 5 nitrogen and oxygen atoms in total. The van der Waals surface area contributed by atoms with E-state index < -0.39 is 17.4 Å². The molecule has 0 amide bonds. The smallest absolute Gasteiger partial charge is 0.321 e. The lowest BCUT2D eigenvalue weighted by atomic mass is 9.72. The van der Waals surface area contributed by atoms with E-state index in [0.29, 0.717) is 19.0 Å². The number of ether oxygens (including phenoxy) is 2. The minimum Gasteiger partial charge on any atom is -0.496 e. The maximum atomic E-state index is 11.5. The van der Waals surface area contributed by atoms with Crippen molar-refractivity contribution in [2.45, 2.75) is 11.5 Å². The molecule has 1 aromatic carbocycles. The van der Waals surface area contributed by atoms with Gasteiger partial charge in [0.05, 0.1) is 25.7 Å². The second kappa shape index (κ2) is 5.48. The number of methoxy groups -OCH3 is 1. The van der Waals surface area contributed by atoms with Crippen LogP contribution in [0.1, 0.15) is 5.56 Å². The molecule has 6 heteroatoms. The Hall–Kier alpha value is -1.11. The first-order valence-electron chi connectivity index (χ1n) is 5.87. The molecule has 0 saturated carbocycles. The Labute approximate surface area is 120 Å². The van der Waals surface area contributed by atoms with Crippen molar-refractivity contribution in [1.29, 1.82) is 0 Å². The molecule has 1 heterocycles. The minimum absolute atomic E-state index is 0.359. The highest BCUT2D eigenvalue weighted by atomic mass is 79.9. The number of carbonyl (C=O) groups is 1. The summed E-state index contributed by atoms with van der Waals surface area (Å²) < 4.78 is 11.5. The summed E-state index contributed by atoms with van der Waals surface area (Å²) in [6, 6.07) is 4.87. The van der Waals surface area contributed by atoms with Gasteiger partial charge in [0.2, 0.25) is 0 Å². The number of likely N-dealkylation sites (N-methyl/N-ethyl adjacent to an activating group) is 1. The maximum Gasteiger partial charge on any atom is 0.321 e. The van der Waals surface area contributed by atoms with Crippen LogP contribution in [-0.2, 0) is 14.9 Å². The zero-order valence-electron chi connectivity index (χ0n) is 10.8. The molecule has 1 saturated heterocycles. The summed E-state index contributed by atoms with van der Waals surface area (Å²) in [5, 5.41) is 12.3. The molecule has 104 valence electrons. The molecule has 0 aromatic heterocycles. The molecule has 1 fully saturated rings. The number of hydrogen-bond donors (Lipinski definition) is 2. The van der Waals surface area contributed by atoms with E-state index in [9.17, 15) is 9.90 Å². The van der Waals surface area contributed by atoms with Crippen molar-refractivity contribution < 1.29 is 19.4 Å². The van der Waals surface area contributed by atoms with E-state index in [1.54, 1.807) is 14.2 Å². The average molecular weight is 330 g/mol. The van der Waals surface area contributed by atoms with Crippen LogP contribution in [0, 0.1) is 0 Å². The van der Waals surface area contributed by atoms with Gasteiger partial charge in [-0.1, -0.05) is 15.9 Å². The Kier molecular flexibility index (Phi) is 4.13. The summed E-state index contributed by atoms with van der Waals surface area (Å²) in [5.74, 6) is -0.221. The van der Waals surface area contributed by atoms with E-state index in [-0.39, 0.29) is 0 Å². The summed E-state index contributed by atoms with van der Waals surface area (Å²) in [5.41, 5.74) is 0.243.